The van der Waals surface area contributed by atoms with E-state index in [4.69, 9.17) is 4.74 Å². The number of aryl methyl sites for hydroxylation is 4. The van der Waals surface area contributed by atoms with E-state index in [-0.39, 0.29) is 0 Å². The van der Waals surface area contributed by atoms with Crippen molar-refractivity contribution in [3.05, 3.63) is 70.3 Å². The molecule has 0 radical (unpaired) electrons. The van der Waals surface area contributed by atoms with Gasteiger partial charge in [0.25, 0.3) is 0 Å². The molecule has 2 nitrogen and oxygen atoms in total. The number of rotatable bonds is 5. The monoisotopic (exact) mass is 296 g/mol. The molecule has 0 heterocycles. The summed E-state index contributed by atoms with van der Waals surface area (Å²) >= 11 is 0. The van der Waals surface area contributed by atoms with Gasteiger partial charge in [-0.1, -0.05) is 36.9 Å². The molecule has 0 bridgehead atoms. The van der Waals surface area contributed by atoms with E-state index in [0.29, 0.717) is 12.4 Å². The van der Waals surface area contributed by atoms with Gasteiger partial charge in [0.2, 0.25) is 0 Å². The van der Waals surface area contributed by atoms with Crippen LogP contribution in [0.4, 0.5) is 0 Å². The highest BCUT2D eigenvalue weighted by molar-refractivity contribution is 5.47. The second-order valence-electron chi connectivity index (χ2n) is 5.91. The summed E-state index contributed by atoms with van der Waals surface area (Å²) in [6, 6.07) is 8.44. The van der Waals surface area contributed by atoms with Crippen molar-refractivity contribution in [2.24, 2.45) is 0 Å². The molecule has 2 aromatic rings. The molecule has 0 unspecified atom stereocenters. The Labute approximate surface area is 133 Å². The lowest BCUT2D eigenvalue weighted by atomic mass is 9.97. The van der Waals surface area contributed by atoms with Gasteiger partial charge in [-0.3, -0.25) is 0 Å². The molecular weight excluding hydrogens is 272 g/mol. The lowest BCUT2D eigenvalue weighted by molar-refractivity contribution is 0.358. The molecule has 0 aliphatic carbocycles. The van der Waals surface area contributed by atoms with Gasteiger partial charge in [-0.25, -0.2) is 0 Å². The summed E-state index contributed by atoms with van der Waals surface area (Å²) in [5.41, 5.74) is 6.61. The summed E-state index contributed by atoms with van der Waals surface area (Å²) < 4.78 is 5.72. The molecule has 0 saturated carbocycles. The maximum absolute atomic E-state index is 9.88. The normalized spacial score (nSPS) is 10.5. The molecule has 0 aliphatic rings. The van der Waals surface area contributed by atoms with E-state index in [1.165, 1.54) is 11.1 Å². The third-order valence-electron chi connectivity index (χ3n) is 3.82. The number of hydrogen-bond donors (Lipinski definition) is 1. The minimum atomic E-state index is 0.393. The Morgan fingerprint density at radius 2 is 1.36 bits per heavy atom. The molecule has 0 spiro atoms. The maximum Gasteiger partial charge on any atom is 0.125 e. The summed E-state index contributed by atoms with van der Waals surface area (Å²) in [5.74, 6) is 1.34. The van der Waals surface area contributed by atoms with Crippen LogP contribution in [0.5, 0.6) is 11.5 Å². The largest absolute Gasteiger partial charge is 0.507 e. The number of phenolic OH excluding ortho intramolecular Hbond substituents is 1. The summed E-state index contributed by atoms with van der Waals surface area (Å²) in [5, 5.41) is 9.88. The van der Waals surface area contributed by atoms with Crippen LogP contribution in [0, 0.1) is 27.7 Å². The van der Waals surface area contributed by atoms with E-state index >= 15 is 0 Å². The van der Waals surface area contributed by atoms with Gasteiger partial charge in [0, 0.05) is 0 Å². The Hall–Kier alpha value is -2.22. The number of aromatic hydroxyl groups is 1. The van der Waals surface area contributed by atoms with Crippen LogP contribution in [-0.4, -0.2) is 11.7 Å². The minimum absolute atomic E-state index is 0.393. The molecule has 0 saturated heterocycles. The Morgan fingerprint density at radius 1 is 0.909 bits per heavy atom. The van der Waals surface area contributed by atoms with Crippen molar-refractivity contribution in [1.82, 2.24) is 0 Å². The van der Waals surface area contributed by atoms with Crippen molar-refractivity contribution in [1.29, 1.82) is 0 Å². The van der Waals surface area contributed by atoms with Gasteiger partial charge in [0.15, 0.2) is 0 Å². The van der Waals surface area contributed by atoms with Crippen LogP contribution in [0.15, 0.2) is 36.9 Å². The van der Waals surface area contributed by atoms with Gasteiger partial charge < -0.3 is 9.84 Å². The molecule has 0 fully saturated rings. The minimum Gasteiger partial charge on any atom is -0.507 e. The second kappa shape index (κ2) is 6.69. The zero-order valence-corrected chi connectivity index (χ0v) is 13.9. The molecule has 0 atom stereocenters. The first-order valence-corrected chi connectivity index (χ1v) is 7.55. The third kappa shape index (κ3) is 3.51. The van der Waals surface area contributed by atoms with Crippen molar-refractivity contribution in [3.63, 3.8) is 0 Å². The van der Waals surface area contributed by atoms with Crippen LogP contribution < -0.4 is 4.74 Å². The fraction of sp³-hybridized carbons (Fsp3) is 0.300. The zero-order chi connectivity index (χ0) is 16.3. The SMILES string of the molecule is C=CCOc1c(C)cc(Cc2cc(C)c(O)c(C)c2)cc1C. The summed E-state index contributed by atoms with van der Waals surface area (Å²) in [6.45, 7) is 12.2. The van der Waals surface area contributed by atoms with E-state index in [9.17, 15) is 5.11 Å². The summed E-state index contributed by atoms with van der Waals surface area (Å²) in [4.78, 5) is 0. The van der Waals surface area contributed by atoms with Crippen molar-refractivity contribution in [2.45, 2.75) is 34.1 Å². The molecule has 0 amide bonds. The molecule has 116 valence electrons. The van der Waals surface area contributed by atoms with Crippen LogP contribution in [0.1, 0.15) is 33.4 Å². The van der Waals surface area contributed by atoms with Gasteiger partial charge >= 0.3 is 0 Å². The molecular formula is C20H24O2. The number of hydrogen-bond acceptors (Lipinski definition) is 2. The Kier molecular flexibility index (Phi) is 4.92. The van der Waals surface area contributed by atoms with Crippen LogP contribution in [0.3, 0.4) is 0 Å². The van der Waals surface area contributed by atoms with Gasteiger partial charge in [-0.05, 0) is 67.5 Å². The standard InChI is InChI=1S/C20H24O2/c1-6-7-22-20-15(4)10-18(11-16(20)5)12-17-8-13(2)19(21)14(3)9-17/h6,8-11,21H,1,7,12H2,2-5H3. The zero-order valence-electron chi connectivity index (χ0n) is 13.9. The van der Waals surface area contributed by atoms with Crippen molar-refractivity contribution in [2.75, 3.05) is 6.61 Å². The summed E-state index contributed by atoms with van der Waals surface area (Å²) in [7, 11) is 0. The van der Waals surface area contributed by atoms with Crippen LogP contribution in [0.2, 0.25) is 0 Å². The van der Waals surface area contributed by atoms with Gasteiger partial charge in [-0.15, -0.1) is 0 Å². The highest BCUT2D eigenvalue weighted by atomic mass is 16.5. The van der Waals surface area contributed by atoms with Crippen LogP contribution >= 0.6 is 0 Å². The van der Waals surface area contributed by atoms with Gasteiger partial charge in [0.05, 0.1) is 0 Å². The average Bonchev–Trinajstić information content (AvgIpc) is 2.44. The van der Waals surface area contributed by atoms with Crippen molar-refractivity contribution < 1.29 is 9.84 Å². The van der Waals surface area contributed by atoms with Crippen LogP contribution in [-0.2, 0) is 6.42 Å². The lowest BCUT2D eigenvalue weighted by Gasteiger charge is -2.14. The molecule has 2 rings (SSSR count). The molecule has 0 aliphatic heterocycles. The molecule has 0 aromatic heterocycles. The van der Waals surface area contributed by atoms with E-state index in [1.54, 1.807) is 6.08 Å². The maximum atomic E-state index is 9.88. The second-order valence-corrected chi connectivity index (χ2v) is 5.91. The van der Waals surface area contributed by atoms with E-state index in [1.807, 2.05) is 13.8 Å². The van der Waals surface area contributed by atoms with Crippen LogP contribution in [0.25, 0.3) is 0 Å². The highest BCUT2D eigenvalue weighted by Crippen LogP contribution is 2.28. The van der Waals surface area contributed by atoms with Crippen molar-refractivity contribution in [3.8, 4) is 11.5 Å². The molecule has 2 heteroatoms. The Morgan fingerprint density at radius 3 is 1.82 bits per heavy atom. The number of ether oxygens (including phenoxy) is 1. The lowest BCUT2D eigenvalue weighted by Crippen LogP contribution is -2.00. The van der Waals surface area contributed by atoms with Gasteiger partial charge in [0.1, 0.15) is 18.1 Å². The van der Waals surface area contributed by atoms with E-state index in [2.05, 4.69) is 44.7 Å². The highest BCUT2D eigenvalue weighted by Gasteiger charge is 2.08. The van der Waals surface area contributed by atoms with Crippen molar-refractivity contribution >= 4 is 0 Å². The van der Waals surface area contributed by atoms with Gasteiger partial charge in [-0.2, -0.15) is 0 Å². The number of benzene rings is 2. The predicted molar refractivity (Wildman–Crippen MR) is 92.0 cm³/mol. The fourth-order valence-corrected chi connectivity index (χ4v) is 2.90. The quantitative estimate of drug-likeness (QED) is 0.804. The van der Waals surface area contributed by atoms with E-state index < -0.39 is 0 Å². The van der Waals surface area contributed by atoms with E-state index in [0.717, 1.165) is 34.4 Å². The number of phenols is 1. The Balaban J connectivity index is 2.29. The average molecular weight is 296 g/mol. The molecule has 1 N–H and O–H groups in total. The fourth-order valence-electron chi connectivity index (χ4n) is 2.90. The molecule has 22 heavy (non-hydrogen) atoms. The smallest absolute Gasteiger partial charge is 0.125 e. The molecule has 2 aromatic carbocycles. The Bertz CT molecular complexity index is 653. The first kappa shape index (κ1) is 16.2. The predicted octanol–water partition coefficient (Wildman–Crippen LogP) is 4.78. The first-order chi connectivity index (χ1) is 10.4. The summed E-state index contributed by atoms with van der Waals surface area (Å²) in [6.07, 6.45) is 2.61. The topological polar surface area (TPSA) is 29.5 Å². The third-order valence-corrected chi connectivity index (χ3v) is 3.82. The first-order valence-electron chi connectivity index (χ1n) is 7.55.